The van der Waals surface area contributed by atoms with Crippen LogP contribution in [0.1, 0.15) is 55.3 Å². The van der Waals surface area contributed by atoms with Gasteiger partial charge in [-0.25, -0.2) is 0 Å². The van der Waals surface area contributed by atoms with Gasteiger partial charge in [0, 0.05) is 0 Å². The Morgan fingerprint density at radius 2 is 2.11 bits per heavy atom. The SMILES string of the molecule is CCCNC(C1=CCCC1)c1ccc(C)cc1C. The summed E-state index contributed by atoms with van der Waals surface area (Å²) in [7, 11) is 0. The van der Waals surface area contributed by atoms with Gasteiger partial charge in [-0.05, 0) is 57.2 Å². The van der Waals surface area contributed by atoms with Crippen molar-refractivity contribution >= 4 is 0 Å². The van der Waals surface area contributed by atoms with Crippen LogP contribution < -0.4 is 5.32 Å². The van der Waals surface area contributed by atoms with E-state index in [1.54, 1.807) is 5.57 Å². The van der Waals surface area contributed by atoms with Crippen molar-refractivity contribution in [3.63, 3.8) is 0 Å². The Hall–Kier alpha value is -1.08. The molecule has 1 atom stereocenters. The predicted octanol–water partition coefficient (Wildman–Crippen LogP) is 4.45. The van der Waals surface area contributed by atoms with Crippen molar-refractivity contribution in [3.8, 4) is 0 Å². The number of hydrogen-bond donors (Lipinski definition) is 1. The molecule has 0 saturated heterocycles. The third kappa shape index (κ3) is 3.02. The molecule has 1 aliphatic rings. The number of benzene rings is 1. The van der Waals surface area contributed by atoms with E-state index in [-0.39, 0.29) is 0 Å². The largest absolute Gasteiger partial charge is 0.307 e. The van der Waals surface area contributed by atoms with Gasteiger partial charge < -0.3 is 5.32 Å². The van der Waals surface area contributed by atoms with Gasteiger partial charge in [0.25, 0.3) is 0 Å². The number of nitrogens with one attached hydrogen (secondary N) is 1. The standard InChI is InChI=1S/C17H25N/c1-4-11-18-17(15-7-5-6-8-15)16-10-9-13(2)12-14(16)3/h7,9-10,12,17-18H,4-6,8,11H2,1-3H3. The van der Waals surface area contributed by atoms with Gasteiger partial charge in [-0.15, -0.1) is 0 Å². The first kappa shape index (κ1) is 13.4. The molecular weight excluding hydrogens is 218 g/mol. The number of hydrogen-bond acceptors (Lipinski definition) is 1. The summed E-state index contributed by atoms with van der Waals surface area (Å²) in [4.78, 5) is 0. The summed E-state index contributed by atoms with van der Waals surface area (Å²) in [5, 5.41) is 3.72. The summed E-state index contributed by atoms with van der Waals surface area (Å²) in [6, 6.07) is 7.27. The highest BCUT2D eigenvalue weighted by atomic mass is 14.9. The first-order valence-electron chi connectivity index (χ1n) is 7.22. The zero-order chi connectivity index (χ0) is 13.0. The second kappa shape index (κ2) is 6.19. The maximum Gasteiger partial charge on any atom is 0.0538 e. The van der Waals surface area contributed by atoms with Crippen LogP contribution in [0.3, 0.4) is 0 Å². The summed E-state index contributed by atoms with van der Waals surface area (Å²) in [5.74, 6) is 0. The molecule has 0 radical (unpaired) electrons. The van der Waals surface area contributed by atoms with Gasteiger partial charge in [0.15, 0.2) is 0 Å². The quantitative estimate of drug-likeness (QED) is 0.753. The third-order valence-electron chi connectivity index (χ3n) is 3.78. The second-order valence-electron chi connectivity index (χ2n) is 5.42. The Kier molecular flexibility index (Phi) is 4.60. The number of rotatable bonds is 5. The van der Waals surface area contributed by atoms with Crippen LogP contribution in [0.15, 0.2) is 29.8 Å². The molecule has 1 unspecified atom stereocenters. The molecule has 0 amide bonds. The lowest BCUT2D eigenvalue weighted by atomic mass is 9.93. The molecule has 0 aromatic heterocycles. The molecule has 1 aliphatic carbocycles. The molecule has 0 aliphatic heterocycles. The van der Waals surface area contributed by atoms with E-state index >= 15 is 0 Å². The van der Waals surface area contributed by atoms with E-state index in [4.69, 9.17) is 0 Å². The fraction of sp³-hybridized carbons (Fsp3) is 0.529. The van der Waals surface area contributed by atoms with E-state index in [1.807, 2.05) is 0 Å². The van der Waals surface area contributed by atoms with E-state index < -0.39 is 0 Å². The zero-order valence-corrected chi connectivity index (χ0v) is 11.9. The smallest absolute Gasteiger partial charge is 0.0538 e. The van der Waals surface area contributed by atoms with E-state index in [2.05, 4.69) is 50.4 Å². The summed E-state index contributed by atoms with van der Waals surface area (Å²) >= 11 is 0. The Balaban J connectivity index is 2.26. The molecule has 0 heterocycles. The van der Waals surface area contributed by atoms with Crippen LogP contribution in [0.5, 0.6) is 0 Å². The van der Waals surface area contributed by atoms with Crippen molar-refractivity contribution in [3.05, 3.63) is 46.5 Å². The van der Waals surface area contributed by atoms with Crippen molar-refractivity contribution in [1.82, 2.24) is 5.32 Å². The molecule has 1 aromatic carbocycles. The van der Waals surface area contributed by atoms with Crippen molar-refractivity contribution < 1.29 is 0 Å². The van der Waals surface area contributed by atoms with Crippen LogP contribution in [0, 0.1) is 13.8 Å². The Bertz CT molecular complexity index is 431. The summed E-state index contributed by atoms with van der Waals surface area (Å²) < 4.78 is 0. The van der Waals surface area contributed by atoms with E-state index in [1.165, 1.54) is 42.4 Å². The fourth-order valence-corrected chi connectivity index (χ4v) is 2.84. The van der Waals surface area contributed by atoms with Gasteiger partial charge in [0.05, 0.1) is 6.04 Å². The van der Waals surface area contributed by atoms with Crippen molar-refractivity contribution in [2.24, 2.45) is 0 Å². The first-order valence-corrected chi connectivity index (χ1v) is 7.22. The molecule has 1 nitrogen and oxygen atoms in total. The molecule has 1 N–H and O–H groups in total. The molecule has 0 saturated carbocycles. The Labute approximate surface area is 111 Å². The molecule has 1 heteroatoms. The average Bonchev–Trinajstić information content (AvgIpc) is 2.85. The highest BCUT2D eigenvalue weighted by molar-refractivity contribution is 5.38. The lowest BCUT2D eigenvalue weighted by Gasteiger charge is -2.23. The van der Waals surface area contributed by atoms with Gasteiger partial charge in [-0.1, -0.05) is 42.3 Å². The van der Waals surface area contributed by atoms with Crippen LogP contribution in [-0.2, 0) is 0 Å². The zero-order valence-electron chi connectivity index (χ0n) is 11.9. The molecule has 0 fully saturated rings. The Morgan fingerprint density at radius 3 is 2.72 bits per heavy atom. The maximum atomic E-state index is 3.72. The summed E-state index contributed by atoms with van der Waals surface area (Å²) in [6.45, 7) is 7.73. The molecule has 1 aromatic rings. The van der Waals surface area contributed by atoms with Gasteiger partial charge in [-0.3, -0.25) is 0 Å². The predicted molar refractivity (Wildman–Crippen MR) is 78.9 cm³/mol. The van der Waals surface area contributed by atoms with Crippen molar-refractivity contribution in [1.29, 1.82) is 0 Å². The minimum atomic E-state index is 0.438. The topological polar surface area (TPSA) is 12.0 Å². The van der Waals surface area contributed by atoms with Crippen LogP contribution in [-0.4, -0.2) is 6.54 Å². The normalized spacial score (nSPS) is 16.7. The van der Waals surface area contributed by atoms with Crippen LogP contribution in [0.4, 0.5) is 0 Å². The molecule has 98 valence electrons. The lowest BCUT2D eigenvalue weighted by molar-refractivity contribution is 0.576. The minimum absolute atomic E-state index is 0.438. The van der Waals surface area contributed by atoms with Crippen LogP contribution >= 0.6 is 0 Å². The fourth-order valence-electron chi connectivity index (χ4n) is 2.84. The lowest BCUT2D eigenvalue weighted by Crippen LogP contribution is -2.24. The maximum absolute atomic E-state index is 3.72. The van der Waals surface area contributed by atoms with E-state index in [0.717, 1.165) is 6.54 Å². The highest BCUT2D eigenvalue weighted by Crippen LogP contribution is 2.32. The van der Waals surface area contributed by atoms with Gasteiger partial charge in [0.1, 0.15) is 0 Å². The van der Waals surface area contributed by atoms with Gasteiger partial charge >= 0.3 is 0 Å². The number of aryl methyl sites for hydroxylation is 2. The molecule has 18 heavy (non-hydrogen) atoms. The van der Waals surface area contributed by atoms with Crippen LogP contribution in [0.2, 0.25) is 0 Å². The van der Waals surface area contributed by atoms with E-state index in [9.17, 15) is 0 Å². The van der Waals surface area contributed by atoms with Crippen molar-refractivity contribution in [2.45, 2.75) is 52.5 Å². The Morgan fingerprint density at radius 1 is 1.28 bits per heavy atom. The highest BCUT2D eigenvalue weighted by Gasteiger charge is 2.19. The van der Waals surface area contributed by atoms with Gasteiger partial charge in [0.2, 0.25) is 0 Å². The average molecular weight is 243 g/mol. The monoisotopic (exact) mass is 243 g/mol. The number of allylic oxidation sites excluding steroid dienone is 1. The molecule has 0 bridgehead atoms. The summed E-state index contributed by atoms with van der Waals surface area (Å²) in [5.41, 5.74) is 5.82. The van der Waals surface area contributed by atoms with E-state index in [0.29, 0.717) is 6.04 Å². The molecular formula is C17H25N. The minimum Gasteiger partial charge on any atom is -0.307 e. The molecule has 0 spiro atoms. The second-order valence-corrected chi connectivity index (χ2v) is 5.42. The van der Waals surface area contributed by atoms with Crippen LogP contribution in [0.25, 0.3) is 0 Å². The van der Waals surface area contributed by atoms with Gasteiger partial charge in [-0.2, -0.15) is 0 Å². The first-order chi connectivity index (χ1) is 8.72. The third-order valence-corrected chi connectivity index (χ3v) is 3.78. The summed E-state index contributed by atoms with van der Waals surface area (Å²) in [6.07, 6.45) is 7.46. The van der Waals surface area contributed by atoms with Crippen molar-refractivity contribution in [2.75, 3.05) is 6.54 Å². The molecule has 2 rings (SSSR count).